The Bertz CT molecular complexity index is 628. The first kappa shape index (κ1) is 15.7. The fourth-order valence-electron chi connectivity index (χ4n) is 3.01. The number of aromatic nitrogens is 1. The Hall–Kier alpha value is -2.15. The van der Waals surface area contributed by atoms with E-state index in [1.807, 2.05) is 42.5 Å². The molecule has 118 valence electrons. The van der Waals surface area contributed by atoms with Gasteiger partial charge in [-0.1, -0.05) is 42.2 Å². The van der Waals surface area contributed by atoms with Gasteiger partial charge in [-0.25, -0.2) is 0 Å². The van der Waals surface area contributed by atoms with Crippen LogP contribution < -0.4 is 0 Å². The van der Waals surface area contributed by atoms with Crippen molar-refractivity contribution < 1.29 is 5.11 Å². The van der Waals surface area contributed by atoms with E-state index in [9.17, 15) is 5.11 Å². The molecule has 3 heteroatoms. The number of aliphatic hydroxyl groups is 1. The van der Waals surface area contributed by atoms with Crippen molar-refractivity contribution in [3.8, 4) is 11.8 Å². The van der Waals surface area contributed by atoms with Crippen molar-refractivity contribution >= 4 is 0 Å². The molecule has 3 nitrogen and oxygen atoms in total. The highest BCUT2D eigenvalue weighted by atomic mass is 16.3. The predicted molar refractivity (Wildman–Crippen MR) is 91.7 cm³/mol. The lowest BCUT2D eigenvalue weighted by Crippen LogP contribution is -2.27. The molecule has 1 aromatic heterocycles. The van der Waals surface area contributed by atoms with E-state index >= 15 is 0 Å². The van der Waals surface area contributed by atoms with Crippen LogP contribution in [0.3, 0.4) is 0 Å². The lowest BCUT2D eigenvalue weighted by Gasteiger charge is -2.27. The summed E-state index contributed by atoms with van der Waals surface area (Å²) in [6.45, 7) is 3.07. The van der Waals surface area contributed by atoms with Gasteiger partial charge in [-0.05, 0) is 49.2 Å². The average Bonchev–Trinajstić information content (AvgIpc) is 3.13. The maximum atomic E-state index is 11.3. The molecular weight excluding hydrogens is 284 g/mol. The highest BCUT2D eigenvalue weighted by Gasteiger charge is 2.30. The van der Waals surface area contributed by atoms with Crippen molar-refractivity contribution in [2.45, 2.75) is 24.9 Å². The molecule has 0 spiro atoms. The first-order valence-electron chi connectivity index (χ1n) is 8.15. The first-order valence-corrected chi connectivity index (χ1v) is 8.15. The van der Waals surface area contributed by atoms with Crippen LogP contribution in [0.5, 0.6) is 0 Å². The minimum atomic E-state index is -1.10. The SMILES string of the molecule is O[C@@](CC#CCN1CCCC1)(c1ccccc1)c1ccncc1. The van der Waals surface area contributed by atoms with E-state index in [1.54, 1.807) is 12.4 Å². The van der Waals surface area contributed by atoms with E-state index < -0.39 is 5.60 Å². The fourth-order valence-corrected chi connectivity index (χ4v) is 3.01. The molecule has 3 rings (SSSR count). The first-order chi connectivity index (χ1) is 11.3. The number of likely N-dealkylation sites (tertiary alicyclic amines) is 1. The molecule has 0 bridgehead atoms. The molecule has 1 atom stereocenters. The monoisotopic (exact) mass is 306 g/mol. The van der Waals surface area contributed by atoms with Crippen LogP contribution in [0.4, 0.5) is 0 Å². The number of pyridine rings is 1. The Morgan fingerprint density at radius 2 is 1.61 bits per heavy atom. The summed E-state index contributed by atoms with van der Waals surface area (Å²) < 4.78 is 0. The lowest BCUT2D eigenvalue weighted by atomic mass is 9.84. The third-order valence-electron chi connectivity index (χ3n) is 4.38. The molecule has 0 unspecified atom stereocenters. The van der Waals surface area contributed by atoms with E-state index in [-0.39, 0.29) is 0 Å². The minimum absolute atomic E-state index is 0.384. The average molecular weight is 306 g/mol. The number of benzene rings is 1. The second kappa shape index (κ2) is 7.41. The van der Waals surface area contributed by atoms with Crippen LogP contribution in [0.1, 0.15) is 30.4 Å². The third kappa shape index (κ3) is 3.79. The van der Waals surface area contributed by atoms with Gasteiger partial charge in [0.25, 0.3) is 0 Å². The quantitative estimate of drug-likeness (QED) is 0.883. The molecule has 2 aromatic rings. The van der Waals surface area contributed by atoms with Crippen LogP contribution >= 0.6 is 0 Å². The molecule has 1 aromatic carbocycles. The summed E-state index contributed by atoms with van der Waals surface area (Å²) in [6, 6.07) is 13.4. The van der Waals surface area contributed by atoms with Gasteiger partial charge < -0.3 is 5.11 Å². The zero-order valence-corrected chi connectivity index (χ0v) is 13.3. The third-order valence-corrected chi connectivity index (χ3v) is 4.38. The van der Waals surface area contributed by atoms with Gasteiger partial charge in [0.1, 0.15) is 5.60 Å². The fraction of sp³-hybridized carbons (Fsp3) is 0.350. The molecule has 2 heterocycles. The second-order valence-corrected chi connectivity index (χ2v) is 5.98. The van der Waals surface area contributed by atoms with Crippen LogP contribution in [0, 0.1) is 11.8 Å². The van der Waals surface area contributed by atoms with E-state index in [1.165, 1.54) is 12.8 Å². The van der Waals surface area contributed by atoms with Crippen molar-refractivity contribution in [2.75, 3.05) is 19.6 Å². The summed E-state index contributed by atoms with van der Waals surface area (Å²) in [5, 5.41) is 11.3. The Labute approximate surface area is 138 Å². The zero-order chi connectivity index (χ0) is 16.0. The Balaban J connectivity index is 1.80. The maximum absolute atomic E-state index is 11.3. The Morgan fingerprint density at radius 1 is 0.957 bits per heavy atom. The molecule has 0 aliphatic carbocycles. The summed E-state index contributed by atoms with van der Waals surface area (Å²) in [5.41, 5.74) is 0.596. The topological polar surface area (TPSA) is 36.4 Å². The summed E-state index contributed by atoms with van der Waals surface area (Å²) >= 11 is 0. The Kier molecular flexibility index (Phi) is 5.07. The van der Waals surface area contributed by atoms with E-state index in [0.717, 1.165) is 30.8 Å². The van der Waals surface area contributed by atoms with E-state index in [4.69, 9.17) is 0 Å². The lowest BCUT2D eigenvalue weighted by molar-refractivity contribution is 0.0864. The molecule has 1 aliphatic heterocycles. The number of hydrogen-bond acceptors (Lipinski definition) is 3. The van der Waals surface area contributed by atoms with Gasteiger partial charge in [0.15, 0.2) is 0 Å². The number of nitrogens with zero attached hydrogens (tertiary/aromatic N) is 2. The van der Waals surface area contributed by atoms with Crippen LogP contribution in [0.15, 0.2) is 54.9 Å². The van der Waals surface area contributed by atoms with Crippen molar-refractivity contribution in [1.29, 1.82) is 0 Å². The van der Waals surface area contributed by atoms with Crippen molar-refractivity contribution in [1.82, 2.24) is 9.88 Å². The molecule has 1 saturated heterocycles. The van der Waals surface area contributed by atoms with Crippen molar-refractivity contribution in [2.24, 2.45) is 0 Å². The molecule has 1 fully saturated rings. The van der Waals surface area contributed by atoms with Crippen molar-refractivity contribution in [3.05, 3.63) is 66.0 Å². The van der Waals surface area contributed by atoms with Crippen LogP contribution in [0.2, 0.25) is 0 Å². The van der Waals surface area contributed by atoms with Gasteiger partial charge in [0.2, 0.25) is 0 Å². The molecular formula is C20H22N2O. The Morgan fingerprint density at radius 3 is 2.30 bits per heavy atom. The van der Waals surface area contributed by atoms with Gasteiger partial charge in [-0.2, -0.15) is 0 Å². The van der Waals surface area contributed by atoms with Gasteiger partial charge in [-0.15, -0.1) is 0 Å². The highest BCUT2D eigenvalue weighted by molar-refractivity contribution is 5.36. The van der Waals surface area contributed by atoms with Gasteiger partial charge in [0, 0.05) is 18.8 Å². The zero-order valence-electron chi connectivity index (χ0n) is 13.3. The molecule has 1 N–H and O–H groups in total. The maximum Gasteiger partial charge on any atom is 0.126 e. The predicted octanol–water partition coefficient (Wildman–Crippen LogP) is 2.81. The highest BCUT2D eigenvalue weighted by Crippen LogP contribution is 2.32. The van der Waals surface area contributed by atoms with Crippen molar-refractivity contribution in [3.63, 3.8) is 0 Å². The summed E-state index contributed by atoms with van der Waals surface area (Å²) in [5.74, 6) is 6.41. The molecule has 0 amide bonds. The van der Waals surface area contributed by atoms with Gasteiger partial charge >= 0.3 is 0 Å². The standard InChI is InChI=1S/C20H22N2O/c23-20(18-8-2-1-3-9-18,19-10-13-21-14-11-19)12-4-5-15-22-16-6-7-17-22/h1-3,8-11,13-14,23H,6-7,12,15-17H2/t20-/m0/s1. The smallest absolute Gasteiger partial charge is 0.126 e. The largest absolute Gasteiger partial charge is 0.379 e. The second-order valence-electron chi connectivity index (χ2n) is 5.98. The number of hydrogen-bond donors (Lipinski definition) is 1. The molecule has 1 aliphatic rings. The van der Waals surface area contributed by atoms with E-state index in [0.29, 0.717) is 6.42 Å². The van der Waals surface area contributed by atoms with Crippen LogP contribution in [-0.2, 0) is 5.60 Å². The number of rotatable bonds is 4. The molecule has 0 radical (unpaired) electrons. The molecule has 0 saturated carbocycles. The van der Waals surface area contributed by atoms with Gasteiger partial charge in [-0.3, -0.25) is 9.88 Å². The van der Waals surface area contributed by atoms with E-state index in [2.05, 4.69) is 21.7 Å². The summed E-state index contributed by atoms with van der Waals surface area (Å²) in [6.07, 6.45) is 6.34. The summed E-state index contributed by atoms with van der Waals surface area (Å²) in [4.78, 5) is 6.41. The van der Waals surface area contributed by atoms with Gasteiger partial charge in [0.05, 0.1) is 6.54 Å². The molecule has 23 heavy (non-hydrogen) atoms. The van der Waals surface area contributed by atoms with Crippen LogP contribution in [-0.4, -0.2) is 34.6 Å². The summed E-state index contributed by atoms with van der Waals surface area (Å²) in [7, 11) is 0. The normalized spacial score (nSPS) is 17.3. The van der Waals surface area contributed by atoms with Crippen LogP contribution in [0.25, 0.3) is 0 Å². The minimum Gasteiger partial charge on any atom is -0.379 e.